The Morgan fingerprint density at radius 3 is 1.75 bits per heavy atom. The molecular weight excluding hydrogens is 683 g/mol. The Morgan fingerprint density at radius 1 is 0.775 bits per heavy atom. The topological polar surface area (TPSA) is 76.0 Å². The summed E-state index contributed by atoms with van der Waals surface area (Å²) in [5.41, 5.74) is 3.53. The van der Waals surface area contributed by atoms with Gasteiger partial charge in [-0.3, -0.25) is 4.98 Å². The molecule has 0 bridgehead atoms. The molecule has 40 heavy (non-hydrogen) atoms. The standard InChI is InChI=1S/2C11H11N2O.C8H6N3.Ir/c2*1-12-6-7-13(9-12)10-4-3-5-11(8-10)14-2;1-2-5-9-7(3-1)8-4-6-10-11-8;/h2*3,5-8H,1-2H3;1-6H;/q3*-1;. The van der Waals surface area contributed by atoms with Gasteiger partial charge in [-0.1, -0.05) is 29.2 Å². The summed E-state index contributed by atoms with van der Waals surface area (Å²) in [7, 11) is 7.16. The Bertz CT molecular complexity index is 1480. The number of imidazole rings is 2. The van der Waals surface area contributed by atoms with Gasteiger partial charge in [-0.05, 0) is 12.1 Å². The molecule has 0 atom stereocenters. The molecule has 6 aromatic rings. The van der Waals surface area contributed by atoms with Crippen LogP contribution in [0, 0.1) is 24.8 Å². The van der Waals surface area contributed by atoms with Gasteiger partial charge < -0.3 is 37.9 Å². The molecule has 1 radical (unpaired) electrons. The van der Waals surface area contributed by atoms with E-state index < -0.39 is 0 Å². The third kappa shape index (κ3) is 8.49. The van der Waals surface area contributed by atoms with Crippen molar-refractivity contribution in [2.75, 3.05) is 14.2 Å². The minimum Gasteiger partial charge on any atom is -0.574 e. The van der Waals surface area contributed by atoms with E-state index in [9.17, 15) is 0 Å². The molecule has 4 heterocycles. The van der Waals surface area contributed by atoms with Gasteiger partial charge >= 0.3 is 0 Å². The van der Waals surface area contributed by atoms with Crippen LogP contribution >= 0.6 is 0 Å². The molecule has 0 fully saturated rings. The zero-order chi connectivity index (χ0) is 27.5. The van der Waals surface area contributed by atoms with Crippen LogP contribution < -0.4 is 23.7 Å². The minimum atomic E-state index is 0. The largest absolute Gasteiger partial charge is 0.574 e. The number of aryl methyl sites for hydroxylation is 2. The predicted octanol–water partition coefficient (Wildman–Crippen LogP) is 2.92. The summed E-state index contributed by atoms with van der Waals surface area (Å²) in [5.74, 6) is 1.65. The van der Waals surface area contributed by atoms with E-state index >= 15 is 0 Å². The van der Waals surface area contributed by atoms with Gasteiger partial charge in [0.25, 0.3) is 0 Å². The maximum atomic E-state index is 5.13. The van der Waals surface area contributed by atoms with Gasteiger partial charge in [0, 0.05) is 74.5 Å². The summed E-state index contributed by atoms with van der Waals surface area (Å²) in [6.45, 7) is 0. The van der Waals surface area contributed by atoms with Crippen molar-refractivity contribution in [1.29, 1.82) is 0 Å². The molecule has 0 aliphatic rings. The molecule has 2 aromatic carbocycles. The quantitative estimate of drug-likeness (QED) is 0.203. The molecule has 6 rings (SSSR count). The summed E-state index contributed by atoms with van der Waals surface area (Å²) in [5, 5.41) is 7.58. The van der Waals surface area contributed by atoms with E-state index in [1.807, 2.05) is 118 Å². The van der Waals surface area contributed by atoms with Gasteiger partial charge in [0.05, 0.1) is 28.3 Å². The fourth-order valence-corrected chi connectivity index (χ4v) is 3.36. The molecule has 0 amide bonds. The Kier molecular flexibility index (Phi) is 11.4. The van der Waals surface area contributed by atoms with Crippen LogP contribution in [0.2, 0.25) is 0 Å². The predicted molar refractivity (Wildman–Crippen MR) is 143 cm³/mol. The summed E-state index contributed by atoms with van der Waals surface area (Å²) in [4.78, 5) is 4.12. The summed E-state index contributed by atoms with van der Waals surface area (Å²) < 4.78 is 17.7. The van der Waals surface area contributed by atoms with Crippen LogP contribution in [0.5, 0.6) is 11.5 Å². The number of nitrogens with zero attached hydrogens (tertiary/aromatic N) is 7. The van der Waals surface area contributed by atoms with Crippen LogP contribution in [0.15, 0.2) is 97.8 Å². The number of rotatable bonds is 5. The molecule has 0 spiro atoms. The molecule has 0 aliphatic heterocycles. The first kappa shape index (κ1) is 30.0. The molecule has 0 N–H and O–H groups in total. The van der Waals surface area contributed by atoms with Crippen LogP contribution in [0.1, 0.15) is 0 Å². The maximum absolute atomic E-state index is 5.13. The number of hydrogen-bond acceptors (Lipinski definition) is 4. The van der Waals surface area contributed by atoms with Gasteiger partial charge in [-0.2, -0.15) is 24.3 Å². The first-order chi connectivity index (χ1) is 19.1. The van der Waals surface area contributed by atoms with Crippen LogP contribution in [-0.4, -0.2) is 33.4 Å². The fraction of sp³-hybridized carbons (Fsp3) is 0.133. The van der Waals surface area contributed by atoms with Crippen LogP contribution in [-0.2, 0) is 34.2 Å². The van der Waals surface area contributed by atoms with Crippen LogP contribution in [0.25, 0.3) is 22.8 Å². The second-order valence-electron chi connectivity index (χ2n) is 8.12. The van der Waals surface area contributed by atoms with E-state index in [0.717, 1.165) is 34.3 Å². The third-order valence-corrected chi connectivity index (χ3v) is 5.31. The number of methoxy groups -OCH3 is 2. The zero-order valence-electron chi connectivity index (χ0n) is 22.5. The average Bonchev–Trinajstić information content (AvgIpc) is 3.77. The number of hydrogen-bond donors (Lipinski definition) is 0. The van der Waals surface area contributed by atoms with E-state index in [-0.39, 0.29) is 20.1 Å². The summed E-state index contributed by atoms with van der Waals surface area (Å²) in [6.07, 6.45) is 17.3. The maximum Gasteiger partial charge on any atom is 0.241 e. The van der Waals surface area contributed by atoms with Gasteiger partial charge in [-0.15, -0.1) is 24.3 Å². The molecule has 0 aliphatic carbocycles. The van der Waals surface area contributed by atoms with Crippen molar-refractivity contribution in [3.05, 3.63) is 123 Å². The van der Waals surface area contributed by atoms with Crippen LogP contribution in [0.3, 0.4) is 0 Å². The van der Waals surface area contributed by atoms with Gasteiger partial charge in [0.15, 0.2) is 0 Å². The van der Waals surface area contributed by atoms with Crippen LogP contribution in [0.4, 0.5) is 0 Å². The van der Waals surface area contributed by atoms with Crippen molar-refractivity contribution in [1.82, 2.24) is 24.3 Å². The van der Waals surface area contributed by atoms with E-state index in [4.69, 9.17) is 9.47 Å². The van der Waals surface area contributed by atoms with Gasteiger partial charge in [0.2, 0.25) is 12.7 Å². The Hall–Kier alpha value is -4.53. The van der Waals surface area contributed by atoms with E-state index in [0.29, 0.717) is 0 Å². The van der Waals surface area contributed by atoms with Gasteiger partial charge in [0.1, 0.15) is 0 Å². The second kappa shape index (κ2) is 15.2. The molecule has 10 heteroatoms. The van der Waals surface area contributed by atoms with Crippen molar-refractivity contribution in [3.63, 3.8) is 0 Å². The van der Waals surface area contributed by atoms with E-state index in [1.54, 1.807) is 26.6 Å². The number of benzene rings is 2. The normalized spacial score (nSPS) is 9.80. The smallest absolute Gasteiger partial charge is 0.241 e. The second-order valence-corrected chi connectivity index (χ2v) is 8.12. The third-order valence-electron chi connectivity index (χ3n) is 5.31. The van der Waals surface area contributed by atoms with Crippen molar-refractivity contribution >= 4 is 0 Å². The number of pyridine rings is 1. The number of aromatic nitrogens is 7. The van der Waals surface area contributed by atoms with Crippen molar-refractivity contribution in [2.45, 2.75) is 0 Å². The molecule has 0 unspecified atom stereocenters. The molecule has 9 nitrogen and oxygen atoms in total. The molecule has 207 valence electrons. The SMILES string of the molecule is COc1cc[c-]c(-n2[c-][n+](C)cc2)c1.COc1cc[c-]c(-n2[c-][n+](C)cc2)c1.[Ir].c1ccc(-c2ccn[n-]2)nc1. The zero-order valence-corrected chi connectivity index (χ0v) is 24.9. The molecule has 4 aromatic heterocycles. The minimum absolute atomic E-state index is 0. The molecular formula is C30H28IrN7O2-3. The Balaban J connectivity index is 0.000000165. The molecule has 0 saturated carbocycles. The average molecular weight is 711 g/mol. The fourth-order valence-electron chi connectivity index (χ4n) is 3.36. The summed E-state index contributed by atoms with van der Waals surface area (Å²) in [6, 6.07) is 25.0. The molecule has 0 saturated heterocycles. The van der Waals surface area contributed by atoms with E-state index in [1.165, 1.54) is 0 Å². The monoisotopic (exact) mass is 711 g/mol. The Morgan fingerprint density at radius 2 is 1.35 bits per heavy atom. The first-order valence-corrected chi connectivity index (χ1v) is 12.0. The van der Waals surface area contributed by atoms with Crippen molar-refractivity contribution < 1.29 is 38.7 Å². The number of ether oxygens (including phenoxy) is 2. The van der Waals surface area contributed by atoms with Crippen molar-refractivity contribution in [3.8, 4) is 34.3 Å². The van der Waals surface area contributed by atoms with Gasteiger partial charge in [-0.25, -0.2) is 0 Å². The van der Waals surface area contributed by atoms with Crippen molar-refractivity contribution in [2.24, 2.45) is 14.1 Å². The first-order valence-electron chi connectivity index (χ1n) is 12.0. The van der Waals surface area contributed by atoms with E-state index in [2.05, 4.69) is 40.0 Å². The summed E-state index contributed by atoms with van der Waals surface area (Å²) >= 11 is 0. The Labute approximate surface area is 247 Å².